The fraction of sp³-hybridized carbons (Fsp3) is 0.733. The van der Waals surface area contributed by atoms with E-state index in [1.165, 1.54) is 0 Å². The van der Waals surface area contributed by atoms with Crippen LogP contribution >= 0.6 is 0 Å². The summed E-state index contributed by atoms with van der Waals surface area (Å²) >= 11 is 0. The number of aliphatic carboxylic acids is 2. The van der Waals surface area contributed by atoms with E-state index in [-0.39, 0.29) is 5.92 Å². The van der Waals surface area contributed by atoms with Crippen molar-refractivity contribution in [1.29, 1.82) is 0 Å². The average molecular weight is 266 g/mol. The predicted molar refractivity (Wildman–Crippen MR) is 70.8 cm³/mol. The minimum Gasteiger partial charge on any atom is -0.481 e. The molecule has 19 heavy (non-hydrogen) atoms. The van der Waals surface area contributed by atoms with Crippen LogP contribution in [0, 0.1) is 16.7 Å². The van der Waals surface area contributed by atoms with Crippen LogP contribution in [0.4, 0.5) is 0 Å². The first-order chi connectivity index (χ1) is 8.95. The Kier molecular flexibility index (Phi) is 3.70. The highest BCUT2D eigenvalue weighted by Crippen LogP contribution is 2.56. The van der Waals surface area contributed by atoms with Crippen molar-refractivity contribution in [2.75, 3.05) is 0 Å². The Balaban J connectivity index is 2.49. The molecule has 0 bridgehead atoms. The first-order valence-corrected chi connectivity index (χ1v) is 7.07. The summed E-state index contributed by atoms with van der Waals surface area (Å²) in [6, 6.07) is 0. The third-order valence-electron chi connectivity index (χ3n) is 5.27. The molecule has 0 aromatic heterocycles. The maximum atomic E-state index is 12.0. The molecule has 0 heterocycles. The van der Waals surface area contributed by atoms with E-state index < -0.39 is 22.8 Å². The molecule has 2 rings (SSSR count). The van der Waals surface area contributed by atoms with Crippen molar-refractivity contribution >= 4 is 11.9 Å². The van der Waals surface area contributed by atoms with Gasteiger partial charge in [0.25, 0.3) is 0 Å². The van der Waals surface area contributed by atoms with Gasteiger partial charge < -0.3 is 10.2 Å². The summed E-state index contributed by atoms with van der Waals surface area (Å²) in [5.41, 5.74) is -2.34. The van der Waals surface area contributed by atoms with Crippen LogP contribution in [-0.4, -0.2) is 22.2 Å². The molecule has 106 valence electrons. The predicted octanol–water partition coefficient (Wildman–Crippen LogP) is 3.08. The average Bonchev–Trinajstić information content (AvgIpc) is 2.40. The van der Waals surface area contributed by atoms with Crippen LogP contribution in [0.5, 0.6) is 0 Å². The molecule has 1 saturated carbocycles. The first-order valence-electron chi connectivity index (χ1n) is 7.07. The highest BCUT2D eigenvalue weighted by Gasteiger charge is 2.62. The van der Waals surface area contributed by atoms with Gasteiger partial charge in [-0.15, -0.1) is 0 Å². The van der Waals surface area contributed by atoms with E-state index in [1.807, 2.05) is 12.2 Å². The van der Waals surface area contributed by atoms with Gasteiger partial charge in [-0.2, -0.15) is 0 Å². The summed E-state index contributed by atoms with van der Waals surface area (Å²) in [6.07, 6.45) is 9.16. The van der Waals surface area contributed by atoms with Gasteiger partial charge in [0.1, 0.15) is 0 Å². The van der Waals surface area contributed by atoms with Crippen LogP contribution in [0.3, 0.4) is 0 Å². The molecule has 0 saturated heterocycles. The second kappa shape index (κ2) is 4.99. The van der Waals surface area contributed by atoms with Gasteiger partial charge in [-0.1, -0.05) is 31.4 Å². The molecule has 4 nitrogen and oxygen atoms in total. The minimum atomic E-state index is -1.20. The molecule has 2 unspecified atom stereocenters. The monoisotopic (exact) mass is 266 g/mol. The van der Waals surface area contributed by atoms with Gasteiger partial charge in [0.05, 0.1) is 10.8 Å². The standard InChI is InChI=1S/C15H22O4/c1-14(12(16)17)9-5-6-10-15(14,13(18)19)11-7-3-2-4-8-11/h5-6,11H,2-4,7-10H2,1H3,(H,16,17)(H,18,19). The highest BCUT2D eigenvalue weighted by molar-refractivity contribution is 5.87. The lowest BCUT2D eigenvalue weighted by atomic mass is 9.51. The molecule has 4 heteroatoms. The zero-order valence-corrected chi connectivity index (χ0v) is 11.4. The van der Waals surface area contributed by atoms with E-state index in [1.54, 1.807) is 6.92 Å². The van der Waals surface area contributed by atoms with Crippen molar-refractivity contribution < 1.29 is 19.8 Å². The van der Waals surface area contributed by atoms with Gasteiger partial charge >= 0.3 is 11.9 Å². The maximum Gasteiger partial charge on any atom is 0.311 e. The molecule has 2 aliphatic rings. The third-order valence-corrected chi connectivity index (χ3v) is 5.27. The van der Waals surface area contributed by atoms with Crippen molar-refractivity contribution in [2.24, 2.45) is 16.7 Å². The molecular formula is C15H22O4. The fourth-order valence-electron chi connectivity index (χ4n) is 3.98. The Morgan fingerprint density at radius 3 is 2.11 bits per heavy atom. The molecule has 0 radical (unpaired) electrons. The number of carboxylic acids is 2. The summed E-state index contributed by atoms with van der Waals surface area (Å²) in [4.78, 5) is 23.7. The van der Waals surface area contributed by atoms with Crippen LogP contribution in [0.2, 0.25) is 0 Å². The highest BCUT2D eigenvalue weighted by atomic mass is 16.4. The molecule has 1 fully saturated rings. The Bertz CT molecular complexity index is 408. The number of rotatable bonds is 3. The second-order valence-electron chi connectivity index (χ2n) is 6.13. The summed E-state index contributed by atoms with van der Waals surface area (Å²) in [6.45, 7) is 1.61. The zero-order valence-electron chi connectivity index (χ0n) is 11.4. The number of hydrogen-bond acceptors (Lipinski definition) is 2. The SMILES string of the molecule is CC1(C(=O)O)CC=CCC1(C(=O)O)C1CCCCC1. The van der Waals surface area contributed by atoms with Crippen LogP contribution in [0.15, 0.2) is 12.2 Å². The van der Waals surface area contributed by atoms with E-state index in [9.17, 15) is 19.8 Å². The van der Waals surface area contributed by atoms with Gasteiger partial charge in [0.15, 0.2) is 0 Å². The van der Waals surface area contributed by atoms with E-state index in [0.717, 1.165) is 32.1 Å². The van der Waals surface area contributed by atoms with E-state index >= 15 is 0 Å². The van der Waals surface area contributed by atoms with Gasteiger partial charge in [-0.25, -0.2) is 0 Å². The van der Waals surface area contributed by atoms with Gasteiger partial charge in [0.2, 0.25) is 0 Å². The quantitative estimate of drug-likeness (QED) is 0.770. The lowest BCUT2D eigenvalue weighted by Crippen LogP contribution is -2.56. The Morgan fingerprint density at radius 2 is 1.58 bits per heavy atom. The Labute approximate surface area is 113 Å². The van der Waals surface area contributed by atoms with Gasteiger partial charge in [0, 0.05) is 0 Å². The van der Waals surface area contributed by atoms with Crippen molar-refractivity contribution in [3.63, 3.8) is 0 Å². The van der Waals surface area contributed by atoms with Crippen LogP contribution < -0.4 is 0 Å². The van der Waals surface area contributed by atoms with Crippen LogP contribution in [0.25, 0.3) is 0 Å². The van der Waals surface area contributed by atoms with Crippen molar-refractivity contribution in [1.82, 2.24) is 0 Å². The molecule has 2 aliphatic carbocycles. The zero-order chi connectivity index (χ0) is 14.1. The number of allylic oxidation sites excluding steroid dienone is 2. The van der Waals surface area contributed by atoms with E-state index in [2.05, 4.69) is 0 Å². The van der Waals surface area contributed by atoms with Crippen molar-refractivity contribution in [3.05, 3.63) is 12.2 Å². The molecule has 2 atom stereocenters. The van der Waals surface area contributed by atoms with Crippen LogP contribution in [-0.2, 0) is 9.59 Å². The third kappa shape index (κ3) is 1.97. The number of hydrogen-bond donors (Lipinski definition) is 2. The topological polar surface area (TPSA) is 74.6 Å². The smallest absolute Gasteiger partial charge is 0.311 e. The molecule has 0 amide bonds. The van der Waals surface area contributed by atoms with Gasteiger partial charge in [-0.3, -0.25) is 9.59 Å². The molecule has 0 aliphatic heterocycles. The van der Waals surface area contributed by atoms with Crippen molar-refractivity contribution in [3.8, 4) is 0 Å². The number of carbonyl (C=O) groups is 2. The molecule has 2 N–H and O–H groups in total. The Morgan fingerprint density at radius 1 is 1.00 bits per heavy atom. The second-order valence-corrected chi connectivity index (χ2v) is 6.13. The maximum absolute atomic E-state index is 12.0. The molecule has 0 aromatic carbocycles. The largest absolute Gasteiger partial charge is 0.481 e. The lowest BCUT2D eigenvalue weighted by molar-refractivity contribution is -0.181. The summed E-state index contributed by atoms with van der Waals surface area (Å²) in [5.74, 6) is -1.94. The molecular weight excluding hydrogens is 244 g/mol. The number of carboxylic acid groups (broad SMARTS) is 2. The minimum absolute atomic E-state index is 0.0233. The van der Waals surface area contributed by atoms with Crippen LogP contribution in [0.1, 0.15) is 51.9 Å². The fourth-order valence-corrected chi connectivity index (χ4v) is 3.98. The Hall–Kier alpha value is -1.32. The van der Waals surface area contributed by atoms with E-state index in [4.69, 9.17) is 0 Å². The summed E-state index contributed by atoms with van der Waals surface area (Å²) in [7, 11) is 0. The molecule has 0 aromatic rings. The van der Waals surface area contributed by atoms with Gasteiger partial charge in [-0.05, 0) is 38.5 Å². The lowest BCUT2D eigenvalue weighted by Gasteiger charge is -2.50. The summed E-state index contributed by atoms with van der Waals surface area (Å²) in [5, 5.41) is 19.4. The summed E-state index contributed by atoms with van der Waals surface area (Å²) < 4.78 is 0. The van der Waals surface area contributed by atoms with E-state index in [0.29, 0.717) is 12.8 Å². The first kappa shape index (κ1) is 14.1. The van der Waals surface area contributed by atoms with Crippen molar-refractivity contribution in [2.45, 2.75) is 51.9 Å². The molecule has 0 spiro atoms. The normalized spacial score (nSPS) is 36.1.